The van der Waals surface area contributed by atoms with Gasteiger partial charge in [-0.3, -0.25) is 0 Å². The number of aryl methyl sites for hydroxylation is 1. The average Bonchev–Trinajstić information content (AvgIpc) is 2.01. The molecule has 0 saturated heterocycles. The molecule has 0 unspecified atom stereocenters. The van der Waals surface area contributed by atoms with E-state index in [0.29, 0.717) is 0 Å². The summed E-state index contributed by atoms with van der Waals surface area (Å²) in [7, 11) is 3.43. The third kappa shape index (κ3) is 3.02. The first-order chi connectivity index (χ1) is 5.68. The van der Waals surface area contributed by atoms with Crippen molar-refractivity contribution in [1.82, 2.24) is 0 Å². The van der Waals surface area contributed by atoms with Gasteiger partial charge in [0.25, 0.3) is 0 Å². The van der Waals surface area contributed by atoms with Gasteiger partial charge in [-0.15, -0.1) is 8.86 Å². The predicted molar refractivity (Wildman–Crippen MR) is 59.2 cm³/mol. The quantitative estimate of drug-likeness (QED) is 0.606. The summed E-state index contributed by atoms with van der Waals surface area (Å²) in [6, 6.07) is 8.42. The summed E-state index contributed by atoms with van der Waals surface area (Å²) in [5.74, 6) is 0. The second-order valence-corrected chi connectivity index (χ2v) is 3.72. The van der Waals surface area contributed by atoms with Gasteiger partial charge in [-0.2, -0.15) is 0 Å². The van der Waals surface area contributed by atoms with Crippen molar-refractivity contribution in [1.29, 1.82) is 0 Å². The van der Waals surface area contributed by atoms with Crippen LogP contribution in [0.2, 0.25) is 0 Å². The van der Waals surface area contributed by atoms with Crippen LogP contribution in [0.3, 0.4) is 0 Å². The number of benzene rings is 1. The Morgan fingerprint density at radius 3 is 2.75 bits per heavy atom. The van der Waals surface area contributed by atoms with Crippen LogP contribution >= 0.6 is 8.86 Å². The zero-order valence-corrected chi connectivity index (χ0v) is 8.46. The van der Waals surface area contributed by atoms with Crippen molar-refractivity contribution >= 4 is 20.2 Å². The molecule has 1 rings (SSSR count). The number of allylic oxidation sites excluding steroid dienone is 1. The number of hydrogen-bond acceptors (Lipinski definition) is 0. The summed E-state index contributed by atoms with van der Waals surface area (Å²) in [5.41, 5.74) is 2.54. The summed E-state index contributed by atoms with van der Waals surface area (Å²) < 4.78 is 0. The molecule has 0 N–H and O–H groups in total. The average molecular weight is 176 g/mol. The Morgan fingerprint density at radius 2 is 2.17 bits per heavy atom. The fourth-order valence-corrected chi connectivity index (χ4v) is 1.08. The molecular weight excluding hydrogens is 163 g/mol. The molecule has 0 radical (unpaired) electrons. The largest absolute Gasteiger partial charge is 0.119 e. The monoisotopic (exact) mass is 176 g/mol. The van der Waals surface area contributed by atoms with E-state index in [4.69, 9.17) is 0 Å². The van der Waals surface area contributed by atoms with Crippen molar-refractivity contribution in [2.45, 2.75) is 13.8 Å². The van der Waals surface area contributed by atoms with Gasteiger partial charge >= 0.3 is 0 Å². The Labute approximate surface area is 76.2 Å². The van der Waals surface area contributed by atoms with Gasteiger partial charge in [0.1, 0.15) is 0 Å². The fourth-order valence-electron chi connectivity index (χ4n) is 0.995. The predicted octanol–water partition coefficient (Wildman–Crippen LogP) is 3.34. The first-order valence-corrected chi connectivity index (χ1v) is 4.48. The maximum absolute atomic E-state index is 3.43. The topological polar surface area (TPSA) is 0 Å². The van der Waals surface area contributed by atoms with Crippen molar-refractivity contribution in [3.05, 3.63) is 41.5 Å². The lowest BCUT2D eigenvalue weighted by Gasteiger charge is -1.94. The van der Waals surface area contributed by atoms with Crippen LogP contribution in [0, 0.1) is 6.92 Å². The van der Waals surface area contributed by atoms with Crippen LogP contribution in [0.25, 0.3) is 6.08 Å². The molecule has 0 aromatic heterocycles. The zero-order valence-electron chi connectivity index (χ0n) is 7.46. The second kappa shape index (κ2) is 4.23. The maximum atomic E-state index is 3.43. The molecule has 12 heavy (non-hydrogen) atoms. The Bertz CT molecular complexity index is 311. The highest BCUT2D eigenvalue weighted by molar-refractivity contribution is 7.21. The molecule has 0 aliphatic carbocycles. The molecule has 0 amide bonds. The Balaban J connectivity index is 2.83. The standard InChI is InChI=1S/C11H13P/c1-9-4-3-5-11(8-9)7-6-10(2)12/h3-8,12H,1-2H3/b7-6+. The first-order valence-electron chi connectivity index (χ1n) is 3.98. The third-order valence-electron chi connectivity index (χ3n) is 1.57. The zero-order chi connectivity index (χ0) is 8.97. The van der Waals surface area contributed by atoms with Crippen molar-refractivity contribution in [3.63, 3.8) is 0 Å². The van der Waals surface area contributed by atoms with Crippen LogP contribution in [0.15, 0.2) is 30.3 Å². The van der Waals surface area contributed by atoms with Crippen LogP contribution in [0.5, 0.6) is 0 Å². The van der Waals surface area contributed by atoms with E-state index >= 15 is 0 Å². The number of rotatable bonds is 2. The lowest BCUT2D eigenvalue weighted by Crippen LogP contribution is -1.77. The van der Waals surface area contributed by atoms with Crippen molar-refractivity contribution < 1.29 is 0 Å². The van der Waals surface area contributed by atoms with Crippen LogP contribution in [0.4, 0.5) is 0 Å². The Hall–Kier alpha value is -0.870. The maximum Gasteiger partial charge on any atom is -0.0254 e. The van der Waals surface area contributed by atoms with Crippen molar-refractivity contribution in [3.8, 4) is 0 Å². The normalized spacial score (nSPS) is 10.5. The van der Waals surface area contributed by atoms with Gasteiger partial charge < -0.3 is 0 Å². The molecule has 0 nitrogen and oxygen atoms in total. The van der Waals surface area contributed by atoms with Gasteiger partial charge in [0, 0.05) is 0 Å². The summed E-state index contributed by atoms with van der Waals surface area (Å²) in [6.45, 7) is 4.12. The van der Waals surface area contributed by atoms with Gasteiger partial charge in [0.2, 0.25) is 0 Å². The molecule has 0 bridgehead atoms. The lowest BCUT2D eigenvalue weighted by atomic mass is 10.1. The van der Waals surface area contributed by atoms with Gasteiger partial charge in [-0.1, -0.05) is 42.0 Å². The van der Waals surface area contributed by atoms with Gasteiger partial charge in [0.15, 0.2) is 0 Å². The van der Waals surface area contributed by atoms with Crippen LogP contribution in [0.1, 0.15) is 18.1 Å². The molecule has 0 fully saturated rings. The molecule has 0 atom stereocenters. The fraction of sp³-hybridized carbons (Fsp3) is 0.182. The Kier molecular flexibility index (Phi) is 3.25. The minimum atomic E-state index is 1.14. The van der Waals surface area contributed by atoms with Crippen molar-refractivity contribution in [2.75, 3.05) is 0 Å². The molecule has 0 saturated carbocycles. The van der Waals surface area contributed by atoms with Crippen LogP contribution < -0.4 is 0 Å². The third-order valence-corrected chi connectivity index (χ3v) is 1.73. The van der Waals surface area contributed by atoms with E-state index in [-0.39, 0.29) is 0 Å². The molecule has 0 heterocycles. The van der Waals surface area contributed by atoms with E-state index < -0.39 is 0 Å². The SMILES string of the molecule is CC(=P)/C=C/c1cccc(C)c1. The van der Waals surface area contributed by atoms with Gasteiger partial charge in [0.05, 0.1) is 0 Å². The van der Waals surface area contributed by atoms with Crippen molar-refractivity contribution in [2.24, 2.45) is 0 Å². The highest BCUT2D eigenvalue weighted by Gasteiger charge is 1.86. The lowest BCUT2D eigenvalue weighted by molar-refractivity contribution is 1.46. The van der Waals surface area contributed by atoms with E-state index in [1.54, 1.807) is 0 Å². The molecule has 0 spiro atoms. The molecule has 0 aliphatic heterocycles. The van der Waals surface area contributed by atoms with E-state index in [9.17, 15) is 0 Å². The molecule has 1 aromatic carbocycles. The molecule has 1 heteroatoms. The van der Waals surface area contributed by atoms with Gasteiger partial charge in [-0.25, -0.2) is 0 Å². The smallest absolute Gasteiger partial charge is 0.0254 e. The van der Waals surface area contributed by atoms with E-state index in [1.165, 1.54) is 11.1 Å². The minimum Gasteiger partial charge on any atom is -0.119 e. The summed E-state index contributed by atoms with van der Waals surface area (Å²) in [4.78, 5) is 0. The molecule has 0 aliphatic rings. The summed E-state index contributed by atoms with van der Waals surface area (Å²) >= 11 is 0. The van der Waals surface area contributed by atoms with Crippen LogP contribution in [-0.2, 0) is 0 Å². The first kappa shape index (κ1) is 9.22. The minimum absolute atomic E-state index is 1.14. The Morgan fingerprint density at radius 1 is 1.42 bits per heavy atom. The van der Waals surface area contributed by atoms with Gasteiger partial charge in [-0.05, 0) is 24.7 Å². The summed E-state index contributed by atoms with van der Waals surface area (Å²) in [5, 5.41) is 1.14. The second-order valence-electron chi connectivity index (χ2n) is 2.93. The van der Waals surface area contributed by atoms with E-state index in [1.807, 2.05) is 13.0 Å². The van der Waals surface area contributed by atoms with E-state index in [2.05, 4.69) is 46.1 Å². The highest BCUT2D eigenvalue weighted by Crippen LogP contribution is 2.05. The van der Waals surface area contributed by atoms with E-state index in [0.717, 1.165) is 5.29 Å². The molecule has 62 valence electrons. The highest BCUT2D eigenvalue weighted by atomic mass is 31.0. The molecular formula is C11H13P. The number of hydrogen-bond donors (Lipinski definition) is 0. The molecule has 1 aromatic rings. The van der Waals surface area contributed by atoms with Crippen LogP contribution in [-0.4, -0.2) is 5.29 Å². The summed E-state index contributed by atoms with van der Waals surface area (Å²) in [6.07, 6.45) is 4.14.